The van der Waals surface area contributed by atoms with Crippen LogP contribution in [-0.4, -0.2) is 72.9 Å². The Morgan fingerprint density at radius 1 is 0.767 bits per heavy atom. The van der Waals surface area contributed by atoms with Crippen LogP contribution in [0, 0.1) is 0 Å². The predicted molar refractivity (Wildman–Crippen MR) is 106 cm³/mol. The van der Waals surface area contributed by atoms with Crippen molar-refractivity contribution in [3.8, 4) is 0 Å². The normalized spacial score (nSPS) is 17.9. The van der Waals surface area contributed by atoms with Gasteiger partial charge in [0.2, 0.25) is 11.6 Å². The summed E-state index contributed by atoms with van der Waals surface area (Å²) in [6.07, 6.45) is 1.56. The minimum atomic E-state index is -0.778. The van der Waals surface area contributed by atoms with Crippen LogP contribution < -0.4 is 10.6 Å². The van der Waals surface area contributed by atoms with E-state index in [2.05, 4.69) is 10.6 Å². The first kappa shape index (κ1) is 21.7. The van der Waals surface area contributed by atoms with Crippen LogP contribution in [0.4, 0.5) is 9.59 Å². The summed E-state index contributed by atoms with van der Waals surface area (Å²) < 4.78 is 10.2. The predicted octanol–water partition coefficient (Wildman–Crippen LogP) is 1.25. The third kappa shape index (κ3) is 5.11. The van der Waals surface area contributed by atoms with Gasteiger partial charge in [-0.3, -0.25) is 20.2 Å². The maximum atomic E-state index is 13.2. The number of nitrogens with zero attached hydrogens (tertiary/aromatic N) is 2. The molecule has 10 nitrogen and oxygen atoms in total. The summed E-state index contributed by atoms with van der Waals surface area (Å²) >= 11 is 0. The Kier molecular flexibility index (Phi) is 6.96. The van der Waals surface area contributed by atoms with Crippen molar-refractivity contribution in [2.45, 2.75) is 39.5 Å². The molecule has 2 saturated heterocycles. The molecule has 2 aliphatic heterocycles. The zero-order chi connectivity index (χ0) is 21.7. The topological polar surface area (TPSA) is 117 Å². The van der Waals surface area contributed by atoms with Gasteiger partial charge in [-0.1, -0.05) is 26.7 Å². The van der Waals surface area contributed by atoms with Crippen LogP contribution in [0.2, 0.25) is 0 Å². The van der Waals surface area contributed by atoms with Crippen molar-refractivity contribution in [1.82, 2.24) is 20.4 Å². The van der Waals surface area contributed by atoms with Gasteiger partial charge in [0, 0.05) is 26.2 Å². The van der Waals surface area contributed by atoms with Gasteiger partial charge in [0.25, 0.3) is 0 Å². The first-order chi connectivity index (χ1) is 14.5. The third-order valence-corrected chi connectivity index (χ3v) is 4.80. The van der Waals surface area contributed by atoms with Gasteiger partial charge in [-0.05, 0) is 12.8 Å². The van der Waals surface area contributed by atoms with Crippen molar-refractivity contribution in [2.24, 2.45) is 0 Å². The summed E-state index contributed by atoms with van der Waals surface area (Å²) in [6.45, 7) is 6.71. The van der Waals surface area contributed by atoms with Gasteiger partial charge < -0.3 is 19.3 Å². The average molecular weight is 420 g/mol. The van der Waals surface area contributed by atoms with E-state index >= 15 is 0 Å². The van der Waals surface area contributed by atoms with Gasteiger partial charge in [-0.15, -0.1) is 0 Å². The van der Waals surface area contributed by atoms with Crippen LogP contribution in [0.25, 0.3) is 0 Å². The molecule has 0 unspecified atom stereocenters. The van der Waals surface area contributed by atoms with Crippen molar-refractivity contribution >= 4 is 23.8 Å². The summed E-state index contributed by atoms with van der Waals surface area (Å²) in [6, 6.07) is 0. The highest BCUT2D eigenvalue weighted by atomic mass is 16.6. The maximum absolute atomic E-state index is 13.2. The van der Waals surface area contributed by atoms with Gasteiger partial charge in [-0.2, -0.15) is 0 Å². The lowest BCUT2D eigenvalue weighted by Crippen LogP contribution is -2.43. The molecule has 10 heteroatoms. The summed E-state index contributed by atoms with van der Waals surface area (Å²) in [5.74, 6) is -1.05. The van der Waals surface area contributed by atoms with Gasteiger partial charge in [-0.25, -0.2) is 9.59 Å². The van der Waals surface area contributed by atoms with E-state index in [-0.39, 0.29) is 36.0 Å². The van der Waals surface area contributed by atoms with Crippen molar-refractivity contribution < 1.29 is 28.7 Å². The molecule has 3 aliphatic rings. The Labute approximate surface area is 175 Å². The molecule has 1 aliphatic carbocycles. The van der Waals surface area contributed by atoms with E-state index in [0.29, 0.717) is 39.0 Å². The van der Waals surface area contributed by atoms with Crippen LogP contribution in [0.15, 0.2) is 22.8 Å². The lowest BCUT2D eigenvalue weighted by atomic mass is 9.98. The molecule has 0 aromatic carbocycles. The minimum Gasteiger partial charge on any atom is -0.449 e. The zero-order valence-electron chi connectivity index (χ0n) is 17.4. The molecule has 2 N–H and O–H groups in total. The smallest absolute Gasteiger partial charge is 0.411 e. The number of ether oxygens (including phenoxy) is 2. The number of carbonyl (C=O) groups excluding carboxylic acids is 4. The van der Waals surface area contributed by atoms with Crippen molar-refractivity contribution in [3.63, 3.8) is 0 Å². The number of ketones is 2. The second kappa shape index (κ2) is 9.64. The monoisotopic (exact) mass is 420 g/mol. The molecule has 0 aromatic heterocycles. The first-order valence-corrected chi connectivity index (χ1v) is 10.4. The third-order valence-electron chi connectivity index (χ3n) is 4.80. The number of rotatable bonds is 10. The molecule has 0 radical (unpaired) electrons. The molecule has 2 fully saturated rings. The Hall–Kier alpha value is -3.04. The standard InChI is InChI=1S/C20H28N4O6/c1-3-5-11-29-19(27)21-13-15(23-7-8-23)18(26)14(16(17(13)25)24-9-10-24)22-20(28)30-12-6-4-2/h3-12H2,1-2H3,(H,21,27)(H,22,28). The molecular weight excluding hydrogens is 392 g/mol. The Bertz CT molecular complexity index is 729. The van der Waals surface area contributed by atoms with Gasteiger partial charge in [0.1, 0.15) is 22.8 Å². The Balaban J connectivity index is 1.82. The second-order valence-electron chi connectivity index (χ2n) is 7.31. The number of amides is 2. The number of alkyl carbamates (subject to hydrolysis) is 2. The van der Waals surface area contributed by atoms with E-state index in [1.54, 1.807) is 9.80 Å². The summed E-state index contributed by atoms with van der Waals surface area (Å²) in [5, 5.41) is 4.92. The largest absolute Gasteiger partial charge is 0.449 e. The van der Waals surface area contributed by atoms with Crippen LogP contribution >= 0.6 is 0 Å². The average Bonchev–Trinajstić information content (AvgIpc) is 3.60. The van der Waals surface area contributed by atoms with Crippen molar-refractivity contribution in [2.75, 3.05) is 39.4 Å². The lowest BCUT2D eigenvalue weighted by molar-refractivity contribution is -0.118. The molecule has 2 heterocycles. The highest BCUT2D eigenvalue weighted by Crippen LogP contribution is 2.32. The number of hydrogen-bond acceptors (Lipinski definition) is 8. The van der Waals surface area contributed by atoms with Crippen LogP contribution in [0.3, 0.4) is 0 Å². The number of carbonyl (C=O) groups is 4. The first-order valence-electron chi connectivity index (χ1n) is 10.4. The molecule has 0 bridgehead atoms. The fraction of sp³-hybridized carbons (Fsp3) is 0.600. The SMILES string of the molecule is CCCCOC(=O)NC1=C(N2CC2)C(=O)C(NC(=O)OCCCC)=C(N2CC2)C1=O. The highest BCUT2D eigenvalue weighted by molar-refractivity contribution is 6.25. The van der Waals surface area contributed by atoms with Crippen molar-refractivity contribution in [1.29, 1.82) is 0 Å². The van der Waals surface area contributed by atoms with E-state index in [1.807, 2.05) is 13.8 Å². The van der Waals surface area contributed by atoms with Gasteiger partial charge >= 0.3 is 12.2 Å². The number of nitrogens with one attached hydrogen (secondary N) is 2. The lowest BCUT2D eigenvalue weighted by Gasteiger charge is -2.25. The van der Waals surface area contributed by atoms with Crippen LogP contribution in [0.5, 0.6) is 0 Å². The molecule has 0 atom stereocenters. The van der Waals surface area contributed by atoms with E-state index in [9.17, 15) is 19.2 Å². The van der Waals surface area contributed by atoms with E-state index in [0.717, 1.165) is 12.8 Å². The molecular formula is C20H28N4O6. The second-order valence-corrected chi connectivity index (χ2v) is 7.31. The highest BCUT2D eigenvalue weighted by Gasteiger charge is 2.45. The Morgan fingerprint density at radius 3 is 1.43 bits per heavy atom. The van der Waals surface area contributed by atoms with E-state index < -0.39 is 23.8 Å². The quantitative estimate of drug-likeness (QED) is 0.308. The molecule has 30 heavy (non-hydrogen) atoms. The van der Waals surface area contributed by atoms with Gasteiger partial charge in [0.15, 0.2) is 0 Å². The molecule has 3 rings (SSSR count). The Morgan fingerprint density at radius 2 is 1.13 bits per heavy atom. The van der Waals surface area contributed by atoms with Crippen molar-refractivity contribution in [3.05, 3.63) is 22.8 Å². The maximum Gasteiger partial charge on any atom is 0.411 e. The molecule has 0 aromatic rings. The number of unbranched alkanes of at least 4 members (excludes halogenated alkanes) is 2. The summed E-state index contributed by atoms with van der Waals surface area (Å²) in [4.78, 5) is 54.1. The minimum absolute atomic E-state index is 0.0712. The zero-order valence-corrected chi connectivity index (χ0v) is 17.4. The van der Waals surface area contributed by atoms with E-state index in [4.69, 9.17) is 9.47 Å². The van der Waals surface area contributed by atoms with E-state index in [1.165, 1.54) is 0 Å². The van der Waals surface area contributed by atoms with Crippen LogP contribution in [-0.2, 0) is 19.1 Å². The molecule has 2 amide bonds. The fourth-order valence-electron chi connectivity index (χ4n) is 2.96. The molecule has 0 spiro atoms. The summed E-state index contributed by atoms with van der Waals surface area (Å²) in [5.41, 5.74) is -0.0691. The molecule has 0 saturated carbocycles. The van der Waals surface area contributed by atoms with Crippen LogP contribution in [0.1, 0.15) is 39.5 Å². The summed E-state index contributed by atoms with van der Waals surface area (Å²) in [7, 11) is 0. The fourth-order valence-corrected chi connectivity index (χ4v) is 2.96. The number of hydrogen-bond donors (Lipinski definition) is 2. The molecule has 164 valence electrons. The number of Topliss-reactive ketones (excluding diaryl/α,β-unsaturated/α-hetero) is 2. The van der Waals surface area contributed by atoms with Gasteiger partial charge in [0.05, 0.1) is 13.2 Å².